The summed E-state index contributed by atoms with van der Waals surface area (Å²) in [5.41, 5.74) is 0.784. The molecule has 0 bridgehead atoms. The van der Waals surface area contributed by atoms with Crippen molar-refractivity contribution >= 4 is 0 Å². The Morgan fingerprint density at radius 1 is 1.78 bits per heavy atom. The minimum atomic E-state index is 0.0486. The molecule has 0 atom stereocenters. The van der Waals surface area contributed by atoms with Gasteiger partial charge in [-0.2, -0.15) is 0 Å². The van der Waals surface area contributed by atoms with Gasteiger partial charge >= 0.3 is 0 Å². The predicted molar refractivity (Wildman–Crippen MR) is 33.9 cm³/mol. The molecule has 50 valence electrons. The van der Waals surface area contributed by atoms with Crippen LogP contribution in [0.1, 0.15) is 18.4 Å². The summed E-state index contributed by atoms with van der Waals surface area (Å²) in [5.74, 6) is 0.930. The fourth-order valence-electron chi connectivity index (χ4n) is 0.666. The highest BCUT2D eigenvalue weighted by Crippen LogP contribution is 1.95. The van der Waals surface area contributed by atoms with Crippen LogP contribution in [0.3, 0.4) is 0 Å². The van der Waals surface area contributed by atoms with Crippen LogP contribution in [-0.2, 0) is 13.0 Å². The van der Waals surface area contributed by atoms with Gasteiger partial charge in [-0.15, -0.1) is 0 Å². The summed E-state index contributed by atoms with van der Waals surface area (Å²) >= 11 is 0. The third-order valence-electron chi connectivity index (χ3n) is 1.19. The number of aryl methyl sites for hydroxylation is 1. The van der Waals surface area contributed by atoms with E-state index in [0.717, 1.165) is 17.9 Å². The van der Waals surface area contributed by atoms with Crippen molar-refractivity contribution in [3.05, 3.63) is 17.7 Å². The molecule has 0 fully saturated rings. The van der Waals surface area contributed by atoms with E-state index in [9.17, 15) is 0 Å². The number of aliphatic hydroxyl groups excluding tert-OH is 1. The normalized spacial score (nSPS) is 10.0. The van der Waals surface area contributed by atoms with E-state index in [0.29, 0.717) is 0 Å². The van der Waals surface area contributed by atoms with Gasteiger partial charge in [-0.3, -0.25) is 0 Å². The van der Waals surface area contributed by atoms with Crippen molar-refractivity contribution in [2.45, 2.75) is 20.0 Å². The van der Waals surface area contributed by atoms with Crippen LogP contribution in [0.5, 0.6) is 0 Å². The number of rotatable bonds is 2. The maximum Gasteiger partial charge on any atom is 0.106 e. The second kappa shape index (κ2) is 2.64. The largest absolute Gasteiger partial charge is 0.390 e. The lowest BCUT2D eigenvalue weighted by Gasteiger charge is -1.85. The van der Waals surface area contributed by atoms with Gasteiger partial charge in [-0.1, -0.05) is 6.92 Å². The molecule has 0 aliphatic heterocycles. The van der Waals surface area contributed by atoms with Crippen molar-refractivity contribution in [3.8, 4) is 0 Å². The van der Waals surface area contributed by atoms with Gasteiger partial charge < -0.3 is 10.1 Å². The molecule has 1 rings (SSSR count). The van der Waals surface area contributed by atoms with E-state index >= 15 is 0 Å². The molecule has 0 unspecified atom stereocenters. The van der Waals surface area contributed by atoms with E-state index < -0.39 is 0 Å². The Morgan fingerprint density at radius 2 is 2.56 bits per heavy atom. The van der Waals surface area contributed by atoms with E-state index in [-0.39, 0.29) is 6.61 Å². The van der Waals surface area contributed by atoms with E-state index in [2.05, 4.69) is 9.97 Å². The second-order valence-corrected chi connectivity index (χ2v) is 1.87. The van der Waals surface area contributed by atoms with Gasteiger partial charge in [0.15, 0.2) is 0 Å². The van der Waals surface area contributed by atoms with Gasteiger partial charge in [0.25, 0.3) is 0 Å². The lowest BCUT2D eigenvalue weighted by Crippen LogP contribution is -1.84. The third-order valence-corrected chi connectivity index (χ3v) is 1.19. The zero-order valence-electron chi connectivity index (χ0n) is 5.39. The Bertz CT molecular complexity index is 164. The fraction of sp³-hybridized carbons (Fsp3) is 0.500. The molecule has 0 aliphatic rings. The topological polar surface area (TPSA) is 48.9 Å². The van der Waals surface area contributed by atoms with E-state index in [1.165, 1.54) is 0 Å². The summed E-state index contributed by atoms with van der Waals surface area (Å²) in [7, 11) is 0. The number of hydrogen-bond donors (Lipinski definition) is 2. The Balaban J connectivity index is 2.74. The van der Waals surface area contributed by atoms with E-state index in [1.54, 1.807) is 6.20 Å². The number of nitrogens with zero attached hydrogens (tertiary/aromatic N) is 1. The summed E-state index contributed by atoms with van der Waals surface area (Å²) in [4.78, 5) is 6.94. The molecule has 0 radical (unpaired) electrons. The number of aromatic amines is 1. The molecule has 9 heavy (non-hydrogen) atoms. The van der Waals surface area contributed by atoms with Crippen molar-refractivity contribution in [1.82, 2.24) is 9.97 Å². The SMILES string of the molecule is CCc1ncc(CO)[nH]1. The number of imidazole rings is 1. The molecule has 0 aliphatic carbocycles. The number of H-pyrrole nitrogens is 1. The lowest BCUT2D eigenvalue weighted by molar-refractivity contribution is 0.277. The second-order valence-electron chi connectivity index (χ2n) is 1.87. The zero-order chi connectivity index (χ0) is 6.69. The highest BCUT2D eigenvalue weighted by Gasteiger charge is 1.93. The molecule has 1 aromatic rings. The maximum atomic E-state index is 8.58. The van der Waals surface area contributed by atoms with Crippen molar-refractivity contribution in [1.29, 1.82) is 0 Å². The summed E-state index contributed by atoms with van der Waals surface area (Å²) in [6.45, 7) is 2.06. The number of aliphatic hydroxyl groups is 1. The molecule has 3 nitrogen and oxygen atoms in total. The molecule has 0 amide bonds. The minimum absolute atomic E-state index is 0.0486. The van der Waals surface area contributed by atoms with Crippen molar-refractivity contribution < 1.29 is 5.11 Å². The molecule has 2 N–H and O–H groups in total. The summed E-state index contributed by atoms with van der Waals surface area (Å²) in [5, 5.41) is 8.58. The van der Waals surface area contributed by atoms with Crippen LogP contribution in [-0.4, -0.2) is 15.1 Å². The van der Waals surface area contributed by atoms with Gasteiger partial charge in [0.1, 0.15) is 5.82 Å². The van der Waals surface area contributed by atoms with Crippen molar-refractivity contribution in [2.24, 2.45) is 0 Å². The lowest BCUT2D eigenvalue weighted by atomic mass is 10.5. The molecule has 0 saturated carbocycles. The Morgan fingerprint density at radius 3 is 2.89 bits per heavy atom. The average Bonchev–Trinajstić information content (AvgIpc) is 2.34. The zero-order valence-corrected chi connectivity index (χ0v) is 5.39. The standard InChI is InChI=1S/C6H10N2O/c1-2-6-7-3-5(4-9)8-6/h3,9H,2,4H2,1H3,(H,7,8). The average molecular weight is 126 g/mol. The first-order valence-electron chi connectivity index (χ1n) is 3.00. The highest BCUT2D eigenvalue weighted by atomic mass is 16.3. The monoisotopic (exact) mass is 126 g/mol. The third kappa shape index (κ3) is 1.29. The van der Waals surface area contributed by atoms with E-state index in [4.69, 9.17) is 5.11 Å². The Hall–Kier alpha value is -0.830. The Labute approximate surface area is 53.7 Å². The molecule has 0 saturated heterocycles. The van der Waals surface area contributed by atoms with Crippen molar-refractivity contribution in [3.63, 3.8) is 0 Å². The molecule has 1 heterocycles. The fourth-order valence-corrected chi connectivity index (χ4v) is 0.666. The molecular weight excluding hydrogens is 116 g/mol. The minimum Gasteiger partial charge on any atom is -0.390 e. The smallest absolute Gasteiger partial charge is 0.106 e. The van der Waals surface area contributed by atoms with Gasteiger partial charge in [0.2, 0.25) is 0 Å². The molecular formula is C6H10N2O. The number of nitrogens with one attached hydrogen (secondary N) is 1. The van der Waals surface area contributed by atoms with Crippen LogP contribution in [0.25, 0.3) is 0 Å². The first-order valence-corrected chi connectivity index (χ1v) is 3.00. The van der Waals surface area contributed by atoms with Crippen LogP contribution >= 0.6 is 0 Å². The highest BCUT2D eigenvalue weighted by molar-refractivity contribution is 4.98. The van der Waals surface area contributed by atoms with Gasteiger partial charge in [0.05, 0.1) is 18.5 Å². The first-order chi connectivity index (χ1) is 4.36. The number of hydrogen-bond acceptors (Lipinski definition) is 2. The quantitative estimate of drug-likeness (QED) is 0.605. The van der Waals surface area contributed by atoms with Crippen molar-refractivity contribution in [2.75, 3.05) is 0 Å². The molecule has 0 spiro atoms. The van der Waals surface area contributed by atoms with Crippen LogP contribution in [0, 0.1) is 0 Å². The molecule has 0 aromatic carbocycles. The summed E-state index contributed by atoms with van der Waals surface area (Å²) in [6.07, 6.45) is 2.54. The summed E-state index contributed by atoms with van der Waals surface area (Å²) in [6, 6.07) is 0. The van der Waals surface area contributed by atoms with Crippen LogP contribution < -0.4 is 0 Å². The van der Waals surface area contributed by atoms with Gasteiger partial charge in [-0.05, 0) is 0 Å². The predicted octanol–water partition coefficient (Wildman–Crippen LogP) is 0.464. The first kappa shape index (κ1) is 6.29. The number of aromatic nitrogens is 2. The maximum absolute atomic E-state index is 8.58. The van der Waals surface area contributed by atoms with Crippen LogP contribution in [0.2, 0.25) is 0 Å². The Kier molecular flexibility index (Phi) is 1.85. The summed E-state index contributed by atoms with van der Waals surface area (Å²) < 4.78 is 0. The molecule has 3 heteroatoms. The van der Waals surface area contributed by atoms with E-state index in [1.807, 2.05) is 6.92 Å². The van der Waals surface area contributed by atoms with Crippen LogP contribution in [0.4, 0.5) is 0 Å². The van der Waals surface area contributed by atoms with Gasteiger partial charge in [0, 0.05) is 6.42 Å². The van der Waals surface area contributed by atoms with Gasteiger partial charge in [-0.25, -0.2) is 4.98 Å². The van der Waals surface area contributed by atoms with Crippen LogP contribution in [0.15, 0.2) is 6.20 Å². The molecule has 1 aromatic heterocycles.